The third kappa shape index (κ3) is 4.59. The minimum Gasteiger partial charge on any atom is -0.388 e. The van der Waals surface area contributed by atoms with Crippen molar-refractivity contribution in [1.29, 1.82) is 0 Å². The van der Waals surface area contributed by atoms with Gasteiger partial charge in [-0.3, -0.25) is 0 Å². The number of rotatable bonds is 5. The monoisotopic (exact) mass is 325 g/mol. The Morgan fingerprint density at radius 2 is 1.84 bits per heavy atom. The predicted molar refractivity (Wildman–Crippen MR) is 83.2 cm³/mol. The van der Waals surface area contributed by atoms with Crippen molar-refractivity contribution in [2.75, 3.05) is 13.6 Å². The molecule has 1 saturated carbocycles. The van der Waals surface area contributed by atoms with Gasteiger partial charge in [0, 0.05) is 17.1 Å². The molecule has 19 heavy (non-hydrogen) atoms. The van der Waals surface area contributed by atoms with E-state index < -0.39 is 0 Å². The Balaban J connectivity index is 1.79. The molecular formula is C16H24BrNO. The quantitative estimate of drug-likeness (QED) is 0.879. The van der Waals surface area contributed by atoms with Crippen molar-refractivity contribution in [3.8, 4) is 0 Å². The van der Waals surface area contributed by atoms with E-state index in [2.05, 4.69) is 27.9 Å². The minimum atomic E-state index is -0.348. The van der Waals surface area contributed by atoms with Gasteiger partial charge in [-0.25, -0.2) is 0 Å². The molecule has 0 bridgehead atoms. The number of hydrogen-bond donors (Lipinski definition) is 1. The van der Waals surface area contributed by atoms with Gasteiger partial charge in [0.05, 0.1) is 6.10 Å². The van der Waals surface area contributed by atoms with Gasteiger partial charge in [0.1, 0.15) is 0 Å². The summed E-state index contributed by atoms with van der Waals surface area (Å²) in [6.45, 7) is 0.974. The Morgan fingerprint density at radius 3 is 2.47 bits per heavy atom. The van der Waals surface area contributed by atoms with Gasteiger partial charge in [0.2, 0.25) is 0 Å². The lowest BCUT2D eigenvalue weighted by Crippen LogP contribution is -2.34. The maximum absolute atomic E-state index is 10.2. The van der Waals surface area contributed by atoms with E-state index in [-0.39, 0.29) is 6.10 Å². The minimum absolute atomic E-state index is 0.348. The summed E-state index contributed by atoms with van der Waals surface area (Å²) in [6.07, 6.45) is 7.24. The second-order valence-electron chi connectivity index (χ2n) is 5.63. The summed E-state index contributed by atoms with van der Waals surface area (Å²) >= 11 is 3.42. The van der Waals surface area contributed by atoms with Crippen molar-refractivity contribution < 1.29 is 5.11 Å². The maximum Gasteiger partial charge on any atom is 0.0802 e. The lowest BCUT2D eigenvalue weighted by atomic mass is 9.94. The van der Waals surface area contributed by atoms with Gasteiger partial charge in [0.25, 0.3) is 0 Å². The van der Waals surface area contributed by atoms with Crippen LogP contribution in [0.25, 0.3) is 0 Å². The van der Waals surface area contributed by atoms with Crippen molar-refractivity contribution in [1.82, 2.24) is 4.90 Å². The molecule has 1 atom stereocenters. The Morgan fingerprint density at radius 1 is 1.21 bits per heavy atom. The van der Waals surface area contributed by atoms with Crippen molar-refractivity contribution in [3.63, 3.8) is 0 Å². The molecule has 0 aliphatic heterocycles. The molecule has 1 aliphatic rings. The van der Waals surface area contributed by atoms with Gasteiger partial charge in [-0.05, 0) is 44.0 Å². The maximum atomic E-state index is 10.2. The largest absolute Gasteiger partial charge is 0.388 e. The molecule has 0 radical (unpaired) electrons. The zero-order chi connectivity index (χ0) is 13.7. The molecule has 0 aromatic heterocycles. The lowest BCUT2D eigenvalue weighted by Gasteiger charge is -2.31. The average molecular weight is 326 g/mol. The fraction of sp³-hybridized carbons (Fsp3) is 0.625. The number of nitrogens with zero attached hydrogens (tertiary/aromatic N) is 1. The van der Waals surface area contributed by atoms with Crippen LogP contribution < -0.4 is 0 Å². The first-order chi connectivity index (χ1) is 9.16. The van der Waals surface area contributed by atoms with Gasteiger partial charge in [-0.1, -0.05) is 47.3 Å². The summed E-state index contributed by atoms with van der Waals surface area (Å²) in [5.41, 5.74) is 1.01. The van der Waals surface area contributed by atoms with Crippen LogP contribution in [-0.4, -0.2) is 29.6 Å². The second kappa shape index (κ2) is 7.41. The number of benzene rings is 1. The third-order valence-corrected chi connectivity index (χ3v) is 4.74. The zero-order valence-corrected chi connectivity index (χ0v) is 13.3. The molecule has 1 N–H and O–H groups in total. The van der Waals surface area contributed by atoms with Crippen LogP contribution in [0, 0.1) is 0 Å². The zero-order valence-electron chi connectivity index (χ0n) is 11.7. The van der Waals surface area contributed by atoms with Crippen LogP contribution >= 0.6 is 15.9 Å². The number of aliphatic hydroxyl groups is 1. The molecule has 2 rings (SSSR count). The summed E-state index contributed by atoms with van der Waals surface area (Å²) in [5.74, 6) is 0. The second-order valence-corrected chi connectivity index (χ2v) is 6.54. The van der Waals surface area contributed by atoms with Crippen LogP contribution in [0.5, 0.6) is 0 Å². The highest BCUT2D eigenvalue weighted by Crippen LogP contribution is 2.24. The van der Waals surface area contributed by atoms with E-state index in [1.807, 2.05) is 24.3 Å². The molecule has 106 valence electrons. The molecule has 1 aromatic carbocycles. The highest BCUT2D eigenvalue weighted by Gasteiger charge is 2.18. The Bertz CT molecular complexity index is 373. The van der Waals surface area contributed by atoms with Crippen molar-refractivity contribution in [2.24, 2.45) is 0 Å². The Kier molecular flexibility index (Phi) is 5.86. The summed E-state index contributed by atoms with van der Waals surface area (Å²) in [5, 5.41) is 10.2. The van der Waals surface area contributed by atoms with E-state index in [1.165, 1.54) is 32.1 Å². The van der Waals surface area contributed by atoms with Crippen molar-refractivity contribution >= 4 is 15.9 Å². The molecule has 1 aliphatic carbocycles. The van der Waals surface area contributed by atoms with Crippen LogP contribution in [0.2, 0.25) is 0 Å². The summed E-state index contributed by atoms with van der Waals surface area (Å²) in [6, 6.07) is 8.70. The summed E-state index contributed by atoms with van der Waals surface area (Å²) in [7, 11) is 2.20. The predicted octanol–water partition coefficient (Wildman–Crippen LogP) is 4.14. The fourth-order valence-electron chi connectivity index (χ4n) is 2.88. The number of aliphatic hydroxyl groups excluding tert-OH is 1. The first kappa shape index (κ1) is 15.0. The molecule has 0 amide bonds. The van der Waals surface area contributed by atoms with Crippen LogP contribution in [-0.2, 0) is 0 Å². The van der Waals surface area contributed by atoms with Gasteiger partial charge in [-0.15, -0.1) is 0 Å². The van der Waals surface area contributed by atoms with Crippen LogP contribution in [0.15, 0.2) is 28.7 Å². The highest BCUT2D eigenvalue weighted by molar-refractivity contribution is 9.10. The third-order valence-electron chi connectivity index (χ3n) is 4.21. The molecular weight excluding hydrogens is 302 g/mol. The smallest absolute Gasteiger partial charge is 0.0802 e. The normalized spacial score (nSPS) is 18.7. The van der Waals surface area contributed by atoms with E-state index in [1.54, 1.807) is 0 Å². The van der Waals surface area contributed by atoms with Gasteiger partial charge in [-0.2, -0.15) is 0 Å². The van der Waals surface area contributed by atoms with Crippen molar-refractivity contribution in [2.45, 2.75) is 50.7 Å². The Hall–Kier alpha value is -0.380. The average Bonchev–Trinajstić information content (AvgIpc) is 2.46. The van der Waals surface area contributed by atoms with E-state index in [0.29, 0.717) is 0 Å². The summed E-state index contributed by atoms with van der Waals surface area (Å²) < 4.78 is 1.06. The van der Waals surface area contributed by atoms with E-state index in [4.69, 9.17) is 0 Å². The highest BCUT2D eigenvalue weighted by atomic mass is 79.9. The first-order valence-corrected chi connectivity index (χ1v) is 8.10. The molecule has 1 aromatic rings. The van der Waals surface area contributed by atoms with E-state index in [9.17, 15) is 5.11 Å². The number of hydrogen-bond acceptors (Lipinski definition) is 2. The van der Waals surface area contributed by atoms with Crippen LogP contribution in [0.1, 0.15) is 50.2 Å². The first-order valence-electron chi connectivity index (χ1n) is 7.30. The molecule has 3 heteroatoms. The van der Waals surface area contributed by atoms with Gasteiger partial charge in [0.15, 0.2) is 0 Å². The van der Waals surface area contributed by atoms with Gasteiger partial charge >= 0.3 is 0 Å². The number of halogens is 1. The van der Waals surface area contributed by atoms with Gasteiger partial charge < -0.3 is 10.0 Å². The molecule has 1 fully saturated rings. The molecule has 0 saturated heterocycles. The molecule has 2 nitrogen and oxygen atoms in total. The Labute approximate surface area is 124 Å². The van der Waals surface area contributed by atoms with Crippen LogP contribution in [0.3, 0.4) is 0 Å². The molecule has 1 unspecified atom stereocenters. The standard InChI is InChI=1S/C16H24BrNO/c1-18(15-5-3-2-4-6-15)12-11-16(19)13-7-9-14(17)10-8-13/h7-10,15-16,19H,2-6,11-12H2,1H3. The van der Waals surface area contributed by atoms with Crippen molar-refractivity contribution in [3.05, 3.63) is 34.3 Å². The topological polar surface area (TPSA) is 23.5 Å². The van der Waals surface area contributed by atoms with E-state index in [0.717, 1.165) is 29.0 Å². The van der Waals surface area contributed by atoms with Crippen LogP contribution in [0.4, 0.5) is 0 Å². The molecule has 0 spiro atoms. The fourth-order valence-corrected chi connectivity index (χ4v) is 3.15. The summed E-state index contributed by atoms with van der Waals surface area (Å²) in [4.78, 5) is 2.43. The van der Waals surface area contributed by atoms with E-state index >= 15 is 0 Å². The molecule has 0 heterocycles. The SMILES string of the molecule is CN(CCC(O)c1ccc(Br)cc1)C1CCCCC1. The lowest BCUT2D eigenvalue weighted by molar-refractivity contribution is 0.125.